The molecule has 0 aliphatic carbocycles. The van der Waals surface area contributed by atoms with Gasteiger partial charge >= 0.3 is 0 Å². The third-order valence-electron chi connectivity index (χ3n) is 2.32. The van der Waals surface area contributed by atoms with Gasteiger partial charge in [0, 0.05) is 13.1 Å². The zero-order chi connectivity index (χ0) is 13.5. The van der Waals surface area contributed by atoms with Crippen molar-refractivity contribution in [2.75, 3.05) is 25.1 Å². The Morgan fingerprint density at radius 3 is 2.78 bits per heavy atom. The lowest BCUT2D eigenvalue weighted by Gasteiger charge is -2.26. The van der Waals surface area contributed by atoms with Crippen LogP contribution in [0, 0.1) is 17.2 Å². The van der Waals surface area contributed by atoms with E-state index in [-0.39, 0.29) is 5.15 Å². The second-order valence-electron chi connectivity index (χ2n) is 4.27. The molecule has 1 aromatic rings. The third kappa shape index (κ3) is 3.74. The van der Waals surface area contributed by atoms with Gasteiger partial charge in [-0.2, -0.15) is 5.26 Å². The first kappa shape index (κ1) is 14.5. The van der Waals surface area contributed by atoms with Crippen molar-refractivity contribution in [3.63, 3.8) is 0 Å². The second-order valence-corrected chi connectivity index (χ2v) is 4.63. The van der Waals surface area contributed by atoms with E-state index in [9.17, 15) is 0 Å². The number of hydrogen-bond acceptors (Lipinski definition) is 5. The van der Waals surface area contributed by atoms with E-state index in [1.165, 1.54) is 13.4 Å². The van der Waals surface area contributed by atoms with Gasteiger partial charge in [0.15, 0.2) is 16.7 Å². The summed E-state index contributed by atoms with van der Waals surface area (Å²) < 4.78 is 5.24. The molecule has 1 rings (SSSR count). The van der Waals surface area contributed by atoms with E-state index < -0.39 is 0 Å². The Morgan fingerprint density at radius 2 is 2.22 bits per heavy atom. The quantitative estimate of drug-likeness (QED) is 0.742. The van der Waals surface area contributed by atoms with E-state index in [0.717, 1.165) is 6.54 Å². The monoisotopic (exact) mass is 268 g/mol. The van der Waals surface area contributed by atoms with Crippen LogP contribution in [0.4, 0.5) is 5.82 Å². The van der Waals surface area contributed by atoms with Crippen LogP contribution >= 0.6 is 11.6 Å². The predicted octanol–water partition coefficient (Wildman–Crippen LogP) is 2.51. The predicted molar refractivity (Wildman–Crippen MR) is 70.9 cm³/mol. The van der Waals surface area contributed by atoms with Crippen molar-refractivity contribution in [2.45, 2.75) is 20.3 Å². The fourth-order valence-electron chi connectivity index (χ4n) is 1.65. The van der Waals surface area contributed by atoms with Crippen molar-refractivity contribution in [2.24, 2.45) is 5.92 Å². The van der Waals surface area contributed by atoms with Crippen LogP contribution in [0.3, 0.4) is 0 Å². The summed E-state index contributed by atoms with van der Waals surface area (Å²) in [6.07, 6.45) is 1.83. The summed E-state index contributed by atoms with van der Waals surface area (Å²) in [7, 11) is 1.53. The molecular formula is C12H17ClN4O. The SMILES string of the molecule is COc1c(Cl)ncnc1N(CCC#N)CC(C)C. The lowest BCUT2D eigenvalue weighted by Crippen LogP contribution is -2.30. The summed E-state index contributed by atoms with van der Waals surface area (Å²) in [5.41, 5.74) is 0. The highest BCUT2D eigenvalue weighted by molar-refractivity contribution is 6.31. The molecule has 0 aliphatic heterocycles. The van der Waals surface area contributed by atoms with Crippen LogP contribution in [0.5, 0.6) is 5.75 Å². The molecule has 1 heterocycles. The van der Waals surface area contributed by atoms with Crippen molar-refractivity contribution in [1.29, 1.82) is 5.26 Å². The van der Waals surface area contributed by atoms with Crippen molar-refractivity contribution in [1.82, 2.24) is 9.97 Å². The van der Waals surface area contributed by atoms with E-state index in [1.807, 2.05) is 4.90 Å². The molecule has 0 atom stereocenters. The summed E-state index contributed by atoms with van der Waals surface area (Å²) in [6.45, 7) is 5.59. The summed E-state index contributed by atoms with van der Waals surface area (Å²) in [4.78, 5) is 10.1. The Bertz CT molecular complexity index is 431. The largest absolute Gasteiger partial charge is 0.490 e. The zero-order valence-electron chi connectivity index (χ0n) is 10.9. The smallest absolute Gasteiger partial charge is 0.199 e. The molecule has 6 heteroatoms. The molecule has 1 aromatic heterocycles. The molecule has 0 aromatic carbocycles. The maximum Gasteiger partial charge on any atom is 0.199 e. The molecule has 0 unspecified atom stereocenters. The van der Waals surface area contributed by atoms with E-state index in [4.69, 9.17) is 21.6 Å². The van der Waals surface area contributed by atoms with E-state index in [0.29, 0.717) is 30.5 Å². The van der Waals surface area contributed by atoms with Crippen molar-refractivity contribution < 1.29 is 4.74 Å². The van der Waals surface area contributed by atoms with Crippen LogP contribution in [-0.2, 0) is 0 Å². The molecular weight excluding hydrogens is 252 g/mol. The fraction of sp³-hybridized carbons (Fsp3) is 0.583. The Kier molecular flexibility index (Phi) is 5.66. The molecule has 0 bridgehead atoms. The summed E-state index contributed by atoms with van der Waals surface area (Å²) in [6, 6.07) is 2.13. The van der Waals surface area contributed by atoms with Crippen LogP contribution in [0.1, 0.15) is 20.3 Å². The minimum Gasteiger partial charge on any atom is -0.490 e. The number of anilines is 1. The molecule has 0 spiro atoms. The lowest BCUT2D eigenvalue weighted by molar-refractivity contribution is 0.409. The van der Waals surface area contributed by atoms with Gasteiger partial charge in [-0.15, -0.1) is 0 Å². The van der Waals surface area contributed by atoms with Crippen LogP contribution < -0.4 is 9.64 Å². The van der Waals surface area contributed by atoms with Crippen LogP contribution in [-0.4, -0.2) is 30.2 Å². The van der Waals surface area contributed by atoms with Gasteiger partial charge in [0.1, 0.15) is 6.33 Å². The number of methoxy groups -OCH3 is 1. The van der Waals surface area contributed by atoms with E-state index >= 15 is 0 Å². The van der Waals surface area contributed by atoms with Crippen LogP contribution in [0.25, 0.3) is 0 Å². The number of aromatic nitrogens is 2. The van der Waals surface area contributed by atoms with Crippen molar-refractivity contribution in [3.8, 4) is 11.8 Å². The average Bonchev–Trinajstić information content (AvgIpc) is 2.33. The minimum atomic E-state index is 0.285. The normalized spacial score (nSPS) is 10.2. The molecule has 5 nitrogen and oxygen atoms in total. The molecule has 0 radical (unpaired) electrons. The van der Waals surface area contributed by atoms with E-state index in [1.54, 1.807) is 0 Å². The number of ether oxygens (including phenoxy) is 1. The molecule has 98 valence electrons. The molecule has 0 N–H and O–H groups in total. The first-order valence-corrected chi connectivity index (χ1v) is 6.14. The first-order chi connectivity index (χ1) is 8.60. The summed E-state index contributed by atoms with van der Waals surface area (Å²) in [5.74, 6) is 1.54. The zero-order valence-corrected chi connectivity index (χ0v) is 11.6. The average molecular weight is 269 g/mol. The highest BCUT2D eigenvalue weighted by Gasteiger charge is 2.17. The van der Waals surface area contributed by atoms with Gasteiger partial charge in [-0.05, 0) is 5.92 Å². The lowest BCUT2D eigenvalue weighted by atomic mass is 10.2. The van der Waals surface area contributed by atoms with Crippen LogP contribution in [0.15, 0.2) is 6.33 Å². The Hall–Kier alpha value is -1.54. The molecule has 0 saturated heterocycles. The van der Waals surface area contributed by atoms with Gasteiger partial charge in [-0.3, -0.25) is 0 Å². The summed E-state index contributed by atoms with van der Waals surface area (Å²) >= 11 is 5.98. The highest BCUT2D eigenvalue weighted by Crippen LogP contribution is 2.31. The van der Waals surface area contributed by atoms with Gasteiger partial charge < -0.3 is 9.64 Å². The van der Waals surface area contributed by atoms with Crippen LogP contribution in [0.2, 0.25) is 5.15 Å². The van der Waals surface area contributed by atoms with Gasteiger partial charge in [-0.1, -0.05) is 25.4 Å². The van der Waals surface area contributed by atoms with Gasteiger partial charge in [0.05, 0.1) is 19.6 Å². The second kappa shape index (κ2) is 7.02. The Balaban J connectivity index is 3.04. The van der Waals surface area contributed by atoms with Gasteiger partial charge in [0.2, 0.25) is 0 Å². The number of halogens is 1. The first-order valence-electron chi connectivity index (χ1n) is 5.76. The maximum atomic E-state index is 8.71. The molecule has 0 aliphatic rings. The fourth-order valence-corrected chi connectivity index (χ4v) is 1.86. The molecule has 0 saturated carbocycles. The van der Waals surface area contributed by atoms with E-state index in [2.05, 4.69) is 29.9 Å². The number of hydrogen-bond donors (Lipinski definition) is 0. The number of nitriles is 1. The number of rotatable bonds is 6. The standard InChI is InChI=1S/C12H17ClN4O/c1-9(2)7-17(6-4-5-14)12-10(18-3)11(13)15-8-16-12/h8-9H,4,6-7H2,1-3H3. The number of nitrogens with zero attached hydrogens (tertiary/aromatic N) is 4. The Labute approximate surface area is 112 Å². The molecule has 0 fully saturated rings. The highest BCUT2D eigenvalue weighted by atomic mass is 35.5. The van der Waals surface area contributed by atoms with Gasteiger partial charge in [-0.25, -0.2) is 9.97 Å². The van der Waals surface area contributed by atoms with Gasteiger partial charge in [0.25, 0.3) is 0 Å². The Morgan fingerprint density at radius 1 is 1.50 bits per heavy atom. The third-order valence-corrected chi connectivity index (χ3v) is 2.59. The topological polar surface area (TPSA) is 62.0 Å². The summed E-state index contributed by atoms with van der Waals surface area (Å²) in [5, 5.41) is 9.00. The van der Waals surface area contributed by atoms with Crippen molar-refractivity contribution in [3.05, 3.63) is 11.5 Å². The molecule has 0 amide bonds. The minimum absolute atomic E-state index is 0.285. The maximum absolute atomic E-state index is 8.71. The molecule has 18 heavy (non-hydrogen) atoms. The van der Waals surface area contributed by atoms with Crippen molar-refractivity contribution >= 4 is 17.4 Å².